The molecule has 1 aromatic carbocycles. The molecule has 2 saturated carbocycles. The number of nitrogens with one attached hydrogen (secondary N) is 1. The van der Waals surface area contributed by atoms with Gasteiger partial charge in [0.1, 0.15) is 0 Å². The normalized spacial score (nSPS) is 29.0. The first-order chi connectivity index (χ1) is 12.5. The molecule has 1 aromatic rings. The number of hydrogen-bond donors (Lipinski definition) is 1. The summed E-state index contributed by atoms with van der Waals surface area (Å²) < 4.78 is 26.9. The third-order valence-electron chi connectivity index (χ3n) is 6.42. The number of benzene rings is 1. The molecule has 26 heavy (non-hydrogen) atoms. The summed E-state index contributed by atoms with van der Waals surface area (Å²) in [6.07, 6.45) is 7.74. The van der Waals surface area contributed by atoms with Crippen molar-refractivity contribution in [3.05, 3.63) is 29.8 Å². The highest BCUT2D eigenvalue weighted by Crippen LogP contribution is 2.48. The van der Waals surface area contributed by atoms with Crippen LogP contribution < -0.4 is 5.32 Å². The molecule has 2 aliphatic carbocycles. The number of carbonyl (C=O) groups excluding carboxylic acids is 1. The largest absolute Gasteiger partial charge is 0.352 e. The van der Waals surface area contributed by atoms with Crippen molar-refractivity contribution in [2.75, 3.05) is 13.1 Å². The van der Waals surface area contributed by atoms with Crippen molar-refractivity contribution in [3.63, 3.8) is 0 Å². The summed E-state index contributed by atoms with van der Waals surface area (Å²) in [6, 6.07) is 6.97. The predicted molar refractivity (Wildman–Crippen MR) is 99.8 cm³/mol. The molecule has 6 heteroatoms. The Labute approximate surface area is 156 Å². The summed E-state index contributed by atoms with van der Waals surface area (Å²) in [5.74, 6) is 1.70. The molecule has 3 fully saturated rings. The average molecular weight is 377 g/mol. The second kappa shape index (κ2) is 7.31. The van der Waals surface area contributed by atoms with Gasteiger partial charge in [0, 0.05) is 25.6 Å². The topological polar surface area (TPSA) is 66.5 Å². The molecule has 1 N–H and O–H groups in total. The Morgan fingerprint density at radius 2 is 1.77 bits per heavy atom. The molecule has 0 aromatic heterocycles. The lowest BCUT2D eigenvalue weighted by Crippen LogP contribution is -2.35. The Balaban J connectivity index is 1.35. The van der Waals surface area contributed by atoms with Crippen molar-refractivity contribution in [1.29, 1.82) is 0 Å². The third kappa shape index (κ3) is 3.54. The lowest BCUT2D eigenvalue weighted by molar-refractivity contribution is -0.126. The summed E-state index contributed by atoms with van der Waals surface area (Å²) in [6.45, 7) is 1.70. The monoisotopic (exact) mass is 376 g/mol. The summed E-state index contributed by atoms with van der Waals surface area (Å²) in [4.78, 5) is 12.8. The first-order valence-electron chi connectivity index (χ1n) is 9.91. The number of sulfonamides is 1. The molecular formula is C20H28N2O3S. The fourth-order valence-corrected chi connectivity index (χ4v) is 6.44. The van der Waals surface area contributed by atoms with Crippen LogP contribution in [-0.2, 0) is 21.4 Å². The first-order valence-corrected chi connectivity index (χ1v) is 11.3. The van der Waals surface area contributed by atoms with E-state index in [0.29, 0.717) is 30.4 Å². The Hall–Kier alpha value is -1.40. The van der Waals surface area contributed by atoms with Crippen molar-refractivity contribution >= 4 is 15.9 Å². The lowest BCUT2D eigenvalue weighted by Gasteiger charge is -2.26. The van der Waals surface area contributed by atoms with Crippen LogP contribution in [0.4, 0.5) is 0 Å². The van der Waals surface area contributed by atoms with Crippen LogP contribution >= 0.6 is 0 Å². The minimum absolute atomic E-state index is 0.169. The molecule has 1 heterocycles. The Morgan fingerprint density at radius 3 is 2.38 bits per heavy atom. The highest BCUT2D eigenvalue weighted by Gasteiger charge is 2.42. The molecule has 3 aliphatic rings. The van der Waals surface area contributed by atoms with E-state index in [1.54, 1.807) is 16.4 Å². The van der Waals surface area contributed by atoms with Crippen LogP contribution in [0.15, 0.2) is 29.2 Å². The zero-order valence-corrected chi connectivity index (χ0v) is 16.0. The van der Waals surface area contributed by atoms with Crippen molar-refractivity contribution in [2.45, 2.75) is 56.4 Å². The molecule has 1 aliphatic heterocycles. The molecule has 5 nitrogen and oxygen atoms in total. The molecule has 1 amide bonds. The highest BCUT2D eigenvalue weighted by atomic mass is 32.2. The second-order valence-electron chi connectivity index (χ2n) is 8.11. The minimum Gasteiger partial charge on any atom is -0.352 e. The molecule has 0 spiro atoms. The molecule has 3 unspecified atom stereocenters. The Kier molecular flexibility index (Phi) is 5.06. The standard InChI is InChI=1S/C20H28N2O3S/c23-20(19-13-16-4-7-17(19)12-16)21-14-15-5-8-18(9-6-15)26(24,25)22-10-2-1-3-11-22/h5-6,8-9,16-17,19H,1-4,7,10-14H2,(H,21,23). The van der Waals surface area contributed by atoms with E-state index in [9.17, 15) is 13.2 Å². The van der Waals surface area contributed by atoms with Crippen molar-refractivity contribution in [3.8, 4) is 0 Å². The van der Waals surface area contributed by atoms with Gasteiger partial charge in [-0.1, -0.05) is 25.0 Å². The van der Waals surface area contributed by atoms with Crippen LogP contribution in [-0.4, -0.2) is 31.7 Å². The number of carbonyl (C=O) groups is 1. The zero-order valence-electron chi connectivity index (χ0n) is 15.2. The van der Waals surface area contributed by atoms with Gasteiger partial charge in [-0.2, -0.15) is 4.31 Å². The van der Waals surface area contributed by atoms with Gasteiger partial charge in [0.05, 0.1) is 4.90 Å². The van der Waals surface area contributed by atoms with E-state index in [1.165, 1.54) is 19.3 Å². The number of hydrogen-bond acceptors (Lipinski definition) is 3. The fourth-order valence-electron chi connectivity index (χ4n) is 4.92. The Morgan fingerprint density at radius 1 is 1.04 bits per heavy atom. The van der Waals surface area contributed by atoms with E-state index in [2.05, 4.69) is 5.32 Å². The molecule has 4 rings (SSSR count). The van der Waals surface area contributed by atoms with E-state index in [0.717, 1.165) is 37.2 Å². The van der Waals surface area contributed by atoms with Gasteiger partial charge in [-0.25, -0.2) is 8.42 Å². The predicted octanol–water partition coefficient (Wildman–Crippen LogP) is 2.91. The van der Waals surface area contributed by atoms with Crippen LogP contribution in [0.3, 0.4) is 0 Å². The van der Waals surface area contributed by atoms with Gasteiger partial charge in [0.15, 0.2) is 0 Å². The number of nitrogens with zero attached hydrogens (tertiary/aromatic N) is 1. The van der Waals surface area contributed by atoms with Crippen LogP contribution in [0, 0.1) is 17.8 Å². The number of piperidine rings is 1. The first kappa shape index (κ1) is 18.0. The van der Waals surface area contributed by atoms with E-state index < -0.39 is 10.0 Å². The van der Waals surface area contributed by atoms with E-state index >= 15 is 0 Å². The van der Waals surface area contributed by atoms with Crippen molar-refractivity contribution < 1.29 is 13.2 Å². The quantitative estimate of drug-likeness (QED) is 0.859. The maximum absolute atomic E-state index is 12.7. The molecule has 2 bridgehead atoms. The third-order valence-corrected chi connectivity index (χ3v) is 8.33. The van der Waals surface area contributed by atoms with Crippen LogP contribution in [0.1, 0.15) is 50.5 Å². The number of rotatable bonds is 5. The summed E-state index contributed by atoms with van der Waals surface area (Å²) >= 11 is 0. The molecule has 0 radical (unpaired) electrons. The van der Waals surface area contributed by atoms with Crippen molar-refractivity contribution in [1.82, 2.24) is 9.62 Å². The van der Waals surface area contributed by atoms with E-state index in [-0.39, 0.29) is 11.8 Å². The summed E-state index contributed by atoms with van der Waals surface area (Å²) in [5.41, 5.74) is 0.944. The molecule has 3 atom stereocenters. The molecule has 142 valence electrons. The second-order valence-corrected chi connectivity index (χ2v) is 10.0. The smallest absolute Gasteiger partial charge is 0.243 e. The zero-order chi connectivity index (χ0) is 18.1. The fraction of sp³-hybridized carbons (Fsp3) is 0.650. The van der Waals surface area contributed by atoms with Crippen LogP contribution in [0.5, 0.6) is 0 Å². The van der Waals surface area contributed by atoms with Crippen LogP contribution in [0.25, 0.3) is 0 Å². The summed E-state index contributed by atoms with van der Waals surface area (Å²) in [5, 5.41) is 3.05. The minimum atomic E-state index is -3.38. The molecular weight excluding hydrogens is 348 g/mol. The SMILES string of the molecule is O=C(NCc1ccc(S(=O)(=O)N2CCCCC2)cc1)C1CC2CCC1C2. The van der Waals surface area contributed by atoms with Crippen molar-refractivity contribution in [2.24, 2.45) is 17.8 Å². The van der Waals surface area contributed by atoms with Gasteiger partial charge in [-0.05, 0) is 61.6 Å². The van der Waals surface area contributed by atoms with Gasteiger partial charge in [0.25, 0.3) is 0 Å². The van der Waals surface area contributed by atoms with Gasteiger partial charge < -0.3 is 5.32 Å². The summed E-state index contributed by atoms with van der Waals surface area (Å²) in [7, 11) is -3.38. The van der Waals surface area contributed by atoms with Crippen LogP contribution in [0.2, 0.25) is 0 Å². The van der Waals surface area contributed by atoms with Gasteiger partial charge in [0.2, 0.25) is 15.9 Å². The van der Waals surface area contributed by atoms with E-state index in [1.807, 2.05) is 12.1 Å². The lowest BCUT2D eigenvalue weighted by atomic mass is 9.88. The van der Waals surface area contributed by atoms with Gasteiger partial charge >= 0.3 is 0 Å². The maximum atomic E-state index is 12.7. The highest BCUT2D eigenvalue weighted by molar-refractivity contribution is 7.89. The van der Waals surface area contributed by atoms with E-state index in [4.69, 9.17) is 0 Å². The van der Waals surface area contributed by atoms with Gasteiger partial charge in [-0.15, -0.1) is 0 Å². The number of fused-ring (bicyclic) bond motifs is 2. The molecule has 1 saturated heterocycles. The Bertz CT molecular complexity index is 754. The maximum Gasteiger partial charge on any atom is 0.243 e. The average Bonchev–Trinajstić information content (AvgIpc) is 3.31. The van der Waals surface area contributed by atoms with Gasteiger partial charge in [-0.3, -0.25) is 4.79 Å². The number of amides is 1.